The van der Waals surface area contributed by atoms with Gasteiger partial charge in [0.15, 0.2) is 5.79 Å². The second-order valence-corrected chi connectivity index (χ2v) is 6.83. The Morgan fingerprint density at radius 3 is 2.50 bits per heavy atom. The molecule has 5 aliphatic carbocycles. The molecule has 16 heavy (non-hydrogen) atoms. The summed E-state index contributed by atoms with van der Waals surface area (Å²) < 4.78 is 12.2. The third-order valence-corrected chi connectivity index (χ3v) is 7.08. The van der Waals surface area contributed by atoms with Crippen LogP contribution >= 0.6 is 0 Å². The van der Waals surface area contributed by atoms with Gasteiger partial charge in [0, 0.05) is 11.8 Å². The van der Waals surface area contributed by atoms with Crippen LogP contribution in [0.4, 0.5) is 0 Å². The molecule has 0 radical (unpaired) electrons. The Balaban J connectivity index is 1.64. The van der Waals surface area contributed by atoms with Crippen molar-refractivity contribution >= 4 is 0 Å². The van der Waals surface area contributed by atoms with Crippen LogP contribution in [0.5, 0.6) is 0 Å². The van der Waals surface area contributed by atoms with Crippen LogP contribution in [0, 0.1) is 47.3 Å². The second-order valence-electron chi connectivity index (χ2n) is 6.83. The molecular weight excluding hydrogens is 204 g/mol. The van der Waals surface area contributed by atoms with Crippen molar-refractivity contribution in [3.05, 3.63) is 0 Å². The fourth-order valence-corrected chi connectivity index (χ4v) is 7.27. The van der Waals surface area contributed by atoms with Crippen molar-refractivity contribution < 1.29 is 14.6 Å². The van der Waals surface area contributed by atoms with Gasteiger partial charge in [0.1, 0.15) is 0 Å². The van der Waals surface area contributed by atoms with E-state index >= 15 is 0 Å². The fraction of sp³-hybridized carbons (Fsp3) is 1.00. The molecule has 86 valence electrons. The largest absolute Gasteiger partial charge is 0.393 e. The Morgan fingerprint density at radius 1 is 0.875 bits per heavy atom. The maximum absolute atomic E-state index is 10.4. The van der Waals surface area contributed by atoms with Gasteiger partial charge in [-0.3, -0.25) is 0 Å². The van der Waals surface area contributed by atoms with Gasteiger partial charge in [-0.05, 0) is 41.9 Å². The molecule has 3 heteroatoms. The van der Waals surface area contributed by atoms with E-state index in [-0.39, 0.29) is 11.9 Å². The highest BCUT2D eigenvalue weighted by Crippen LogP contribution is 2.86. The Hall–Kier alpha value is -0.120. The van der Waals surface area contributed by atoms with Crippen LogP contribution in [0.25, 0.3) is 0 Å². The lowest BCUT2D eigenvalue weighted by molar-refractivity contribution is -0.277. The van der Waals surface area contributed by atoms with Crippen LogP contribution < -0.4 is 0 Å². The molecule has 0 amide bonds. The minimum absolute atomic E-state index is 0.0211. The van der Waals surface area contributed by atoms with Gasteiger partial charge in [0.05, 0.1) is 19.3 Å². The van der Waals surface area contributed by atoms with Crippen LogP contribution in [-0.4, -0.2) is 30.2 Å². The molecule has 1 N–H and O–H groups in total. The summed E-state index contributed by atoms with van der Waals surface area (Å²) in [6, 6.07) is 0. The number of fused-ring (bicyclic) bond motifs is 4. The van der Waals surface area contributed by atoms with E-state index in [1.807, 2.05) is 0 Å². The summed E-state index contributed by atoms with van der Waals surface area (Å²) in [5, 5.41) is 10.4. The Kier molecular flexibility index (Phi) is 1.01. The molecule has 0 aromatic heterocycles. The lowest BCUT2D eigenvalue weighted by atomic mass is 9.57. The maximum atomic E-state index is 10.4. The summed E-state index contributed by atoms with van der Waals surface area (Å²) in [6.45, 7) is 1.55. The van der Waals surface area contributed by atoms with Gasteiger partial charge < -0.3 is 14.6 Å². The van der Waals surface area contributed by atoms with Crippen molar-refractivity contribution in [3.63, 3.8) is 0 Å². The van der Waals surface area contributed by atoms with Crippen LogP contribution in [0.1, 0.15) is 6.42 Å². The maximum Gasteiger partial charge on any atom is 0.175 e. The van der Waals surface area contributed by atoms with Crippen molar-refractivity contribution in [1.29, 1.82) is 0 Å². The van der Waals surface area contributed by atoms with Crippen LogP contribution in [-0.2, 0) is 9.47 Å². The van der Waals surface area contributed by atoms with Crippen molar-refractivity contribution in [2.24, 2.45) is 47.3 Å². The summed E-state index contributed by atoms with van der Waals surface area (Å²) in [5.74, 6) is 5.26. The van der Waals surface area contributed by atoms with Crippen LogP contribution in [0.15, 0.2) is 0 Å². The lowest BCUT2D eigenvalue weighted by Crippen LogP contribution is -2.59. The zero-order valence-electron chi connectivity index (χ0n) is 9.08. The summed E-state index contributed by atoms with van der Waals surface area (Å²) in [7, 11) is 0. The first-order valence-corrected chi connectivity index (χ1v) is 6.80. The van der Waals surface area contributed by atoms with Crippen LogP contribution in [0.3, 0.4) is 0 Å². The molecule has 1 saturated heterocycles. The molecular formula is C13H16O3. The molecule has 1 spiro atoms. The summed E-state index contributed by atoms with van der Waals surface area (Å²) in [6.07, 6.45) is 1.34. The Morgan fingerprint density at radius 2 is 1.69 bits per heavy atom. The van der Waals surface area contributed by atoms with E-state index in [9.17, 15) is 5.11 Å². The third kappa shape index (κ3) is 0.485. The summed E-state index contributed by atoms with van der Waals surface area (Å²) >= 11 is 0. The summed E-state index contributed by atoms with van der Waals surface area (Å²) in [4.78, 5) is 0. The lowest BCUT2D eigenvalue weighted by Gasteiger charge is -2.52. The van der Waals surface area contributed by atoms with Gasteiger partial charge in [-0.15, -0.1) is 0 Å². The van der Waals surface area contributed by atoms with E-state index in [1.54, 1.807) is 0 Å². The molecule has 2 bridgehead atoms. The molecule has 9 atom stereocenters. The average Bonchev–Trinajstić information content (AvgIpc) is 2.87. The highest BCUT2D eigenvalue weighted by molar-refractivity contribution is 5.33. The molecule has 1 heterocycles. The van der Waals surface area contributed by atoms with Gasteiger partial charge >= 0.3 is 0 Å². The number of hydrogen-bond donors (Lipinski definition) is 1. The molecule has 5 saturated carbocycles. The molecule has 6 rings (SSSR count). The minimum atomic E-state index is -0.231. The first kappa shape index (κ1) is 8.06. The minimum Gasteiger partial charge on any atom is -0.393 e. The quantitative estimate of drug-likeness (QED) is 0.645. The average molecular weight is 220 g/mol. The van der Waals surface area contributed by atoms with Crippen molar-refractivity contribution in [2.75, 3.05) is 13.2 Å². The van der Waals surface area contributed by atoms with Crippen molar-refractivity contribution in [1.82, 2.24) is 0 Å². The fourth-order valence-electron chi connectivity index (χ4n) is 7.27. The first-order chi connectivity index (χ1) is 7.84. The molecule has 0 aromatic carbocycles. The van der Waals surface area contributed by atoms with E-state index in [4.69, 9.17) is 9.47 Å². The SMILES string of the molecule is O[C@@H]1[C@H]2[C@@H]3[C@@H]4C[C@@H]5[C@H]3[C@@H]2C2(OCCO2)[C@H]5[C@@H]14. The second kappa shape index (κ2) is 2.00. The monoisotopic (exact) mass is 220 g/mol. The number of hydrogen-bond acceptors (Lipinski definition) is 3. The van der Waals surface area contributed by atoms with E-state index in [0.29, 0.717) is 23.7 Å². The molecule has 0 unspecified atom stereocenters. The summed E-state index contributed by atoms with van der Waals surface area (Å²) in [5.41, 5.74) is 0. The van der Waals surface area contributed by atoms with Crippen molar-refractivity contribution in [3.8, 4) is 0 Å². The van der Waals surface area contributed by atoms with Gasteiger partial charge in [-0.2, -0.15) is 0 Å². The predicted molar refractivity (Wildman–Crippen MR) is 53.2 cm³/mol. The molecule has 3 nitrogen and oxygen atoms in total. The molecule has 6 fully saturated rings. The molecule has 6 aliphatic rings. The number of rotatable bonds is 0. The van der Waals surface area contributed by atoms with E-state index in [1.165, 1.54) is 6.42 Å². The van der Waals surface area contributed by atoms with Crippen molar-refractivity contribution in [2.45, 2.75) is 18.3 Å². The smallest absolute Gasteiger partial charge is 0.175 e. The standard InChI is InChI=1S/C13H16O3/c14-12-8-4-3-5-7-6(4)9(12)11(7)13(10(5)8)15-1-2-16-13/h4-12,14H,1-3H2/t4-,5+,6+,7+,8-,9-,10+,11-,12-/m0/s1. The Labute approximate surface area is 94.1 Å². The zero-order chi connectivity index (χ0) is 10.2. The van der Waals surface area contributed by atoms with Gasteiger partial charge in [0.25, 0.3) is 0 Å². The molecule has 0 aromatic rings. The number of aliphatic hydroxyl groups is 1. The topological polar surface area (TPSA) is 38.7 Å². The number of aliphatic hydroxyl groups excluding tert-OH is 1. The van der Waals surface area contributed by atoms with Gasteiger partial charge in [-0.25, -0.2) is 0 Å². The zero-order valence-corrected chi connectivity index (χ0v) is 9.08. The van der Waals surface area contributed by atoms with E-state index in [0.717, 1.165) is 36.9 Å². The number of ether oxygens (including phenoxy) is 2. The predicted octanol–water partition coefficient (Wildman–Crippen LogP) is 0.478. The van der Waals surface area contributed by atoms with Crippen LogP contribution in [0.2, 0.25) is 0 Å². The first-order valence-electron chi connectivity index (χ1n) is 6.80. The Bertz CT molecular complexity index is 402. The van der Waals surface area contributed by atoms with E-state index in [2.05, 4.69) is 0 Å². The normalized spacial score (nSPS) is 74.4. The van der Waals surface area contributed by atoms with Gasteiger partial charge in [-0.1, -0.05) is 0 Å². The highest BCUT2D eigenvalue weighted by atomic mass is 16.7. The third-order valence-electron chi connectivity index (χ3n) is 7.08. The van der Waals surface area contributed by atoms with Gasteiger partial charge in [0.2, 0.25) is 0 Å². The molecule has 1 aliphatic heterocycles. The van der Waals surface area contributed by atoms with E-state index < -0.39 is 0 Å². The highest BCUT2D eigenvalue weighted by Gasteiger charge is 2.89.